The first-order valence-electron chi connectivity index (χ1n) is 9.33. The van der Waals surface area contributed by atoms with E-state index in [1.54, 1.807) is 0 Å². The van der Waals surface area contributed by atoms with Gasteiger partial charge in [-0.2, -0.15) is 5.10 Å². The minimum Gasteiger partial charge on any atom is -0.312 e. The molecule has 1 aliphatic rings. The van der Waals surface area contributed by atoms with Crippen molar-refractivity contribution in [2.45, 2.75) is 33.4 Å². The van der Waals surface area contributed by atoms with Gasteiger partial charge in [0, 0.05) is 23.9 Å². The van der Waals surface area contributed by atoms with E-state index in [-0.39, 0.29) is 5.91 Å². The summed E-state index contributed by atoms with van der Waals surface area (Å²) in [7, 11) is 0. The van der Waals surface area contributed by atoms with E-state index in [2.05, 4.69) is 34.8 Å². The average molecular weight is 360 g/mol. The number of hydrogen-bond acceptors (Lipinski definition) is 3. The number of hydrogen-bond donors (Lipinski definition) is 2. The van der Waals surface area contributed by atoms with Gasteiger partial charge in [-0.15, -0.1) is 0 Å². The van der Waals surface area contributed by atoms with Gasteiger partial charge in [0.15, 0.2) is 5.82 Å². The van der Waals surface area contributed by atoms with Crippen molar-refractivity contribution in [1.82, 2.24) is 15.1 Å². The largest absolute Gasteiger partial charge is 0.312 e. The van der Waals surface area contributed by atoms with E-state index in [0.717, 1.165) is 25.2 Å². The number of anilines is 1. The molecule has 27 heavy (non-hydrogen) atoms. The first kappa shape index (κ1) is 17.5. The van der Waals surface area contributed by atoms with Crippen molar-refractivity contribution >= 4 is 11.7 Å². The molecule has 0 atom stereocenters. The van der Waals surface area contributed by atoms with Gasteiger partial charge in [0.25, 0.3) is 5.91 Å². The molecule has 1 aromatic heterocycles. The van der Waals surface area contributed by atoms with Gasteiger partial charge in [-0.05, 0) is 61.2 Å². The van der Waals surface area contributed by atoms with Crippen LogP contribution in [0.2, 0.25) is 0 Å². The molecule has 0 unspecified atom stereocenters. The Hall–Kier alpha value is -2.92. The maximum atomic E-state index is 12.7. The highest BCUT2D eigenvalue weighted by Crippen LogP contribution is 2.18. The van der Waals surface area contributed by atoms with E-state index in [1.165, 1.54) is 22.3 Å². The minimum atomic E-state index is -0.114. The minimum absolute atomic E-state index is 0.114. The predicted octanol–water partition coefficient (Wildman–Crippen LogP) is 3.45. The molecule has 0 saturated heterocycles. The second-order valence-electron chi connectivity index (χ2n) is 7.12. The Balaban J connectivity index is 1.50. The zero-order chi connectivity index (χ0) is 18.8. The van der Waals surface area contributed by atoms with Crippen LogP contribution in [-0.2, 0) is 19.5 Å². The summed E-state index contributed by atoms with van der Waals surface area (Å²) >= 11 is 0. The van der Waals surface area contributed by atoms with Crippen LogP contribution < -0.4 is 10.6 Å². The zero-order valence-corrected chi connectivity index (χ0v) is 15.7. The van der Waals surface area contributed by atoms with Gasteiger partial charge in [0.1, 0.15) is 0 Å². The number of aryl methyl sites for hydroxylation is 2. The Bertz CT molecular complexity index is 990. The molecule has 0 radical (unpaired) electrons. The lowest BCUT2D eigenvalue weighted by molar-refractivity contribution is 0.102. The van der Waals surface area contributed by atoms with Crippen LogP contribution in [0, 0.1) is 13.8 Å². The second-order valence-corrected chi connectivity index (χ2v) is 7.12. The molecule has 1 aliphatic heterocycles. The van der Waals surface area contributed by atoms with E-state index >= 15 is 0 Å². The van der Waals surface area contributed by atoms with Crippen LogP contribution in [0.3, 0.4) is 0 Å². The molecule has 2 aromatic carbocycles. The zero-order valence-electron chi connectivity index (χ0n) is 15.7. The maximum absolute atomic E-state index is 12.7. The molecule has 0 bridgehead atoms. The molecule has 1 amide bonds. The monoisotopic (exact) mass is 360 g/mol. The van der Waals surface area contributed by atoms with Crippen LogP contribution in [0.25, 0.3) is 0 Å². The summed E-state index contributed by atoms with van der Waals surface area (Å²) in [4.78, 5) is 12.7. The van der Waals surface area contributed by atoms with Crippen LogP contribution in [0.15, 0.2) is 48.5 Å². The third-order valence-electron chi connectivity index (χ3n) is 5.16. The number of aromatic nitrogens is 2. The number of rotatable bonds is 4. The number of nitrogens with zero attached hydrogens (tertiary/aromatic N) is 2. The number of amides is 1. The van der Waals surface area contributed by atoms with Crippen LogP contribution in [0.5, 0.6) is 0 Å². The van der Waals surface area contributed by atoms with Crippen molar-refractivity contribution < 1.29 is 4.79 Å². The number of carbonyl (C=O) groups is 1. The fraction of sp³-hybridized carbons (Fsp3) is 0.273. The van der Waals surface area contributed by atoms with Gasteiger partial charge < -0.3 is 10.6 Å². The van der Waals surface area contributed by atoms with Crippen LogP contribution >= 0.6 is 0 Å². The molecule has 138 valence electrons. The highest BCUT2D eigenvalue weighted by Gasteiger charge is 2.14. The molecule has 0 aliphatic carbocycles. The van der Waals surface area contributed by atoms with Gasteiger partial charge in [-0.25, -0.2) is 0 Å². The summed E-state index contributed by atoms with van der Waals surface area (Å²) < 4.78 is 1.93. The Morgan fingerprint density at radius 2 is 2.00 bits per heavy atom. The van der Waals surface area contributed by atoms with Gasteiger partial charge in [-0.1, -0.05) is 30.3 Å². The highest BCUT2D eigenvalue weighted by atomic mass is 16.1. The summed E-state index contributed by atoms with van der Waals surface area (Å²) in [6, 6.07) is 16.1. The van der Waals surface area contributed by atoms with E-state index in [0.29, 0.717) is 17.9 Å². The van der Waals surface area contributed by atoms with Crippen molar-refractivity contribution in [2.24, 2.45) is 0 Å². The average Bonchev–Trinajstić information content (AvgIpc) is 3.02. The highest BCUT2D eigenvalue weighted by molar-refractivity contribution is 6.04. The summed E-state index contributed by atoms with van der Waals surface area (Å²) in [5.74, 6) is 0.474. The lowest BCUT2D eigenvalue weighted by Crippen LogP contribution is -2.24. The lowest BCUT2D eigenvalue weighted by atomic mass is 9.98. The first-order valence-corrected chi connectivity index (χ1v) is 9.33. The number of fused-ring (bicyclic) bond motifs is 1. The van der Waals surface area contributed by atoms with Crippen molar-refractivity contribution in [1.29, 1.82) is 0 Å². The molecule has 0 saturated carbocycles. The smallest absolute Gasteiger partial charge is 0.256 e. The van der Waals surface area contributed by atoms with Crippen molar-refractivity contribution in [2.75, 3.05) is 11.9 Å². The van der Waals surface area contributed by atoms with Gasteiger partial charge in [-0.3, -0.25) is 9.48 Å². The molecule has 0 fully saturated rings. The molecular weight excluding hydrogens is 336 g/mol. The fourth-order valence-electron chi connectivity index (χ4n) is 3.49. The Labute approximate surface area is 159 Å². The Morgan fingerprint density at radius 1 is 1.15 bits per heavy atom. The molecule has 4 rings (SSSR count). The number of nitrogens with one attached hydrogen (secondary N) is 2. The Morgan fingerprint density at radius 3 is 2.85 bits per heavy atom. The van der Waals surface area contributed by atoms with Gasteiger partial charge >= 0.3 is 0 Å². The van der Waals surface area contributed by atoms with Gasteiger partial charge in [0.05, 0.1) is 6.54 Å². The number of carbonyl (C=O) groups excluding carboxylic acids is 1. The fourth-order valence-corrected chi connectivity index (χ4v) is 3.49. The van der Waals surface area contributed by atoms with Crippen LogP contribution in [-0.4, -0.2) is 22.2 Å². The van der Waals surface area contributed by atoms with E-state index in [1.807, 2.05) is 48.0 Å². The number of benzene rings is 2. The van der Waals surface area contributed by atoms with Crippen molar-refractivity contribution in [3.63, 3.8) is 0 Å². The SMILES string of the molecule is Cc1ccccc1Cn1nc(NC(=O)c2ccc3c(c2)CCNC3)cc1C. The molecule has 0 spiro atoms. The Kier molecular flexibility index (Phi) is 4.77. The molecular formula is C22H24N4O. The van der Waals surface area contributed by atoms with E-state index < -0.39 is 0 Å². The van der Waals surface area contributed by atoms with E-state index in [9.17, 15) is 4.79 Å². The summed E-state index contributed by atoms with van der Waals surface area (Å²) in [6.45, 7) is 6.63. The standard InChI is InChI=1S/C22H24N4O/c1-15-5-3-4-6-20(15)14-26-16(2)11-21(25-26)24-22(27)18-7-8-19-13-23-10-9-17(19)12-18/h3-8,11-12,23H,9-10,13-14H2,1-2H3,(H,24,25,27). The first-order chi connectivity index (χ1) is 13.1. The maximum Gasteiger partial charge on any atom is 0.256 e. The normalized spacial score (nSPS) is 13.3. The predicted molar refractivity (Wildman–Crippen MR) is 107 cm³/mol. The third-order valence-corrected chi connectivity index (χ3v) is 5.16. The summed E-state index contributed by atoms with van der Waals surface area (Å²) in [5, 5.41) is 10.9. The molecule has 2 N–H and O–H groups in total. The molecule has 3 aromatic rings. The summed E-state index contributed by atoms with van der Waals surface area (Å²) in [6.07, 6.45) is 0.959. The molecule has 5 nitrogen and oxygen atoms in total. The van der Waals surface area contributed by atoms with Crippen molar-refractivity contribution in [3.05, 3.63) is 82.0 Å². The van der Waals surface area contributed by atoms with Crippen LogP contribution in [0.4, 0.5) is 5.82 Å². The topological polar surface area (TPSA) is 59.0 Å². The second kappa shape index (κ2) is 7.37. The third kappa shape index (κ3) is 3.78. The van der Waals surface area contributed by atoms with Crippen molar-refractivity contribution in [3.8, 4) is 0 Å². The quantitative estimate of drug-likeness (QED) is 0.749. The van der Waals surface area contributed by atoms with E-state index in [4.69, 9.17) is 0 Å². The summed E-state index contributed by atoms with van der Waals surface area (Å²) in [5.41, 5.74) is 6.69. The lowest BCUT2D eigenvalue weighted by Gasteiger charge is -2.17. The molecule has 5 heteroatoms. The molecule has 2 heterocycles. The van der Waals surface area contributed by atoms with Crippen LogP contribution in [0.1, 0.15) is 38.3 Å². The van der Waals surface area contributed by atoms with Gasteiger partial charge in [0.2, 0.25) is 0 Å².